The van der Waals surface area contributed by atoms with Crippen LogP contribution in [0.4, 0.5) is 0 Å². The van der Waals surface area contributed by atoms with E-state index in [2.05, 4.69) is 21.1 Å². The Bertz CT molecular complexity index is 433. The van der Waals surface area contributed by atoms with Crippen LogP contribution >= 0.6 is 27.3 Å². The normalized spacial score (nSPS) is 13.5. The molecule has 7 heteroatoms. The molecule has 1 atom stereocenters. The molecule has 0 aromatic carbocycles. The first kappa shape index (κ1) is 14.0. The third kappa shape index (κ3) is 3.71. The molecule has 5 nitrogen and oxygen atoms in total. The quantitative estimate of drug-likeness (QED) is 0.385. The molecule has 0 aliphatic heterocycles. The minimum Gasteiger partial charge on any atom is -0.409 e. The van der Waals surface area contributed by atoms with Crippen molar-refractivity contribution < 1.29 is 10.0 Å². The van der Waals surface area contributed by atoms with Gasteiger partial charge in [0.1, 0.15) is 5.84 Å². The Labute approximate surface area is 112 Å². The molecule has 0 aliphatic carbocycles. The number of nitrogens with zero attached hydrogens (tertiary/aromatic N) is 2. The molecule has 17 heavy (non-hydrogen) atoms. The fourth-order valence-electron chi connectivity index (χ4n) is 1.30. The van der Waals surface area contributed by atoms with Crippen molar-refractivity contribution in [3.63, 3.8) is 0 Å². The minimum absolute atomic E-state index is 0.0710. The lowest BCUT2D eigenvalue weighted by Crippen LogP contribution is -2.36. The van der Waals surface area contributed by atoms with Crippen molar-refractivity contribution >= 4 is 39.0 Å². The summed E-state index contributed by atoms with van der Waals surface area (Å²) in [6.07, 6.45) is 0. The summed E-state index contributed by atoms with van der Waals surface area (Å²) >= 11 is 4.69. The second-order valence-corrected chi connectivity index (χ2v) is 6.18. The number of hydrogen-bond donors (Lipinski definition) is 2. The van der Waals surface area contributed by atoms with E-state index in [0.717, 1.165) is 3.79 Å². The molecule has 0 radical (unpaired) electrons. The van der Waals surface area contributed by atoms with Gasteiger partial charge >= 0.3 is 0 Å². The summed E-state index contributed by atoms with van der Waals surface area (Å²) in [5, 5.41) is 11.5. The molecule has 1 unspecified atom stereocenters. The molecule has 0 fully saturated rings. The Kier molecular flexibility index (Phi) is 4.95. The highest BCUT2D eigenvalue weighted by atomic mass is 79.9. The number of thiophene rings is 1. The van der Waals surface area contributed by atoms with Crippen LogP contribution in [-0.2, 0) is 0 Å². The number of halogens is 1. The molecule has 0 saturated carbocycles. The predicted octanol–water partition coefficient (Wildman–Crippen LogP) is 1.97. The number of carbonyl (C=O) groups is 1. The molecule has 0 bridgehead atoms. The van der Waals surface area contributed by atoms with Crippen molar-refractivity contribution in [2.24, 2.45) is 16.8 Å². The van der Waals surface area contributed by atoms with Gasteiger partial charge in [0.25, 0.3) is 5.91 Å². The second kappa shape index (κ2) is 6.02. The summed E-state index contributed by atoms with van der Waals surface area (Å²) in [7, 11) is 1.69. The molecular weight excluding hydrogens is 306 g/mol. The van der Waals surface area contributed by atoms with Crippen LogP contribution in [0.5, 0.6) is 0 Å². The van der Waals surface area contributed by atoms with E-state index in [1.165, 1.54) is 11.3 Å². The summed E-state index contributed by atoms with van der Waals surface area (Å²) in [5.74, 6) is -0.132. The van der Waals surface area contributed by atoms with Gasteiger partial charge in [-0.25, -0.2) is 0 Å². The highest BCUT2D eigenvalue weighted by molar-refractivity contribution is 9.11. The number of amides is 1. The van der Waals surface area contributed by atoms with E-state index in [9.17, 15) is 4.79 Å². The van der Waals surface area contributed by atoms with Crippen molar-refractivity contribution in [1.29, 1.82) is 0 Å². The third-order valence-electron chi connectivity index (χ3n) is 2.30. The predicted molar refractivity (Wildman–Crippen MR) is 71.6 cm³/mol. The highest BCUT2D eigenvalue weighted by Crippen LogP contribution is 2.23. The summed E-state index contributed by atoms with van der Waals surface area (Å²) in [4.78, 5) is 14.2. The van der Waals surface area contributed by atoms with Crippen molar-refractivity contribution in [3.05, 3.63) is 20.8 Å². The number of carbonyl (C=O) groups excluding carboxylic acids is 1. The lowest BCUT2D eigenvalue weighted by molar-refractivity contribution is 0.0791. The van der Waals surface area contributed by atoms with E-state index in [0.29, 0.717) is 11.4 Å². The number of oxime groups is 1. The average Bonchev–Trinajstić information content (AvgIpc) is 2.73. The van der Waals surface area contributed by atoms with E-state index in [4.69, 9.17) is 10.9 Å². The lowest BCUT2D eigenvalue weighted by Gasteiger charge is -2.20. The van der Waals surface area contributed by atoms with E-state index < -0.39 is 0 Å². The van der Waals surface area contributed by atoms with Crippen molar-refractivity contribution in [2.75, 3.05) is 13.6 Å². The number of amidine groups is 1. The summed E-state index contributed by atoms with van der Waals surface area (Å²) < 4.78 is 0.915. The van der Waals surface area contributed by atoms with Gasteiger partial charge in [0.2, 0.25) is 0 Å². The molecule has 0 aliphatic rings. The van der Waals surface area contributed by atoms with Gasteiger partial charge in [0, 0.05) is 19.5 Å². The molecule has 1 aromatic heterocycles. The van der Waals surface area contributed by atoms with Crippen molar-refractivity contribution in [3.8, 4) is 0 Å². The molecule has 1 aromatic rings. The summed E-state index contributed by atoms with van der Waals surface area (Å²) in [6, 6.07) is 3.60. The molecule has 1 amide bonds. The molecule has 0 spiro atoms. The first-order valence-electron chi connectivity index (χ1n) is 4.94. The smallest absolute Gasteiger partial charge is 0.263 e. The molecule has 3 N–H and O–H groups in total. The average molecular weight is 320 g/mol. The maximum atomic E-state index is 12.0. The molecule has 1 heterocycles. The number of nitrogens with two attached hydrogens (primary N) is 1. The molecular formula is C10H14BrN3O2S. The van der Waals surface area contributed by atoms with Crippen LogP contribution in [0.15, 0.2) is 21.1 Å². The third-order valence-corrected chi connectivity index (χ3v) is 3.91. The Morgan fingerprint density at radius 1 is 1.71 bits per heavy atom. The van der Waals surface area contributed by atoms with Crippen LogP contribution in [0.25, 0.3) is 0 Å². The van der Waals surface area contributed by atoms with E-state index in [-0.39, 0.29) is 17.7 Å². The molecule has 0 saturated heterocycles. The maximum absolute atomic E-state index is 12.0. The monoisotopic (exact) mass is 319 g/mol. The van der Waals surface area contributed by atoms with Crippen molar-refractivity contribution in [1.82, 2.24) is 4.90 Å². The fourth-order valence-corrected chi connectivity index (χ4v) is 2.68. The Balaban J connectivity index is 2.65. The van der Waals surface area contributed by atoms with Gasteiger partial charge in [-0.15, -0.1) is 11.3 Å². The largest absolute Gasteiger partial charge is 0.409 e. The standard InChI is InChI=1S/C10H14BrN3O2S/c1-6(9(12)13-16)5-14(2)10(15)7-3-4-8(11)17-7/h3-4,6,16H,5H2,1-2H3,(H2,12,13). The van der Waals surface area contributed by atoms with E-state index in [1.807, 2.05) is 6.07 Å². The zero-order chi connectivity index (χ0) is 13.0. The van der Waals surface area contributed by atoms with Crippen LogP contribution in [0.3, 0.4) is 0 Å². The fraction of sp³-hybridized carbons (Fsp3) is 0.400. The van der Waals surface area contributed by atoms with Crippen LogP contribution < -0.4 is 5.73 Å². The van der Waals surface area contributed by atoms with Crippen LogP contribution in [0.2, 0.25) is 0 Å². The van der Waals surface area contributed by atoms with Crippen LogP contribution in [0.1, 0.15) is 16.6 Å². The van der Waals surface area contributed by atoms with Gasteiger partial charge in [-0.3, -0.25) is 4.79 Å². The Morgan fingerprint density at radius 2 is 2.35 bits per heavy atom. The van der Waals surface area contributed by atoms with Gasteiger partial charge in [0.05, 0.1) is 8.66 Å². The summed E-state index contributed by atoms with van der Waals surface area (Å²) in [5.41, 5.74) is 5.46. The van der Waals surface area contributed by atoms with Gasteiger partial charge in [0.15, 0.2) is 0 Å². The SMILES string of the molecule is CC(CN(C)C(=O)c1ccc(Br)s1)/C(N)=N/O. The van der Waals surface area contributed by atoms with E-state index >= 15 is 0 Å². The van der Waals surface area contributed by atoms with Crippen LogP contribution in [-0.4, -0.2) is 35.4 Å². The topological polar surface area (TPSA) is 78.9 Å². The van der Waals surface area contributed by atoms with Gasteiger partial charge in [-0.2, -0.15) is 0 Å². The van der Waals surface area contributed by atoms with Gasteiger partial charge in [-0.05, 0) is 28.1 Å². The first-order valence-corrected chi connectivity index (χ1v) is 6.55. The Hall–Kier alpha value is -1.08. The van der Waals surface area contributed by atoms with E-state index in [1.54, 1.807) is 24.9 Å². The zero-order valence-corrected chi connectivity index (χ0v) is 12.0. The maximum Gasteiger partial charge on any atom is 0.263 e. The van der Waals surface area contributed by atoms with Gasteiger partial charge < -0.3 is 15.8 Å². The molecule has 1 rings (SSSR count). The zero-order valence-electron chi connectivity index (χ0n) is 9.55. The van der Waals surface area contributed by atoms with Crippen molar-refractivity contribution in [2.45, 2.75) is 6.92 Å². The van der Waals surface area contributed by atoms with Crippen LogP contribution in [0, 0.1) is 5.92 Å². The first-order chi connectivity index (χ1) is 7.95. The highest BCUT2D eigenvalue weighted by Gasteiger charge is 2.18. The number of rotatable bonds is 4. The molecule has 94 valence electrons. The summed E-state index contributed by atoms with van der Waals surface area (Å²) in [6.45, 7) is 2.20. The Morgan fingerprint density at radius 3 is 2.82 bits per heavy atom. The second-order valence-electron chi connectivity index (χ2n) is 3.72. The van der Waals surface area contributed by atoms with Gasteiger partial charge in [-0.1, -0.05) is 12.1 Å². The number of hydrogen-bond acceptors (Lipinski definition) is 4. The lowest BCUT2D eigenvalue weighted by atomic mass is 10.1. The minimum atomic E-state index is -0.183.